The number of ether oxygens (including phenoxy) is 2. The SMILES string of the molecule is COC(=O)c1c2c(n3cc(C)ccc13)-c1ccc(OC)cc1CC2. The molecule has 2 aromatic heterocycles. The Labute approximate surface area is 140 Å². The Morgan fingerprint density at radius 1 is 1.12 bits per heavy atom. The molecule has 0 unspecified atom stereocenters. The van der Waals surface area contributed by atoms with Crippen molar-refractivity contribution in [2.45, 2.75) is 19.8 Å². The van der Waals surface area contributed by atoms with E-state index in [0.717, 1.165) is 46.5 Å². The molecule has 0 spiro atoms. The quantitative estimate of drug-likeness (QED) is 0.674. The molecular formula is C20H19NO3. The number of esters is 1. The summed E-state index contributed by atoms with van der Waals surface area (Å²) in [5.74, 6) is 0.594. The van der Waals surface area contributed by atoms with Gasteiger partial charge in [-0.15, -0.1) is 0 Å². The first kappa shape index (κ1) is 14.8. The van der Waals surface area contributed by atoms with Crippen LogP contribution in [0.4, 0.5) is 0 Å². The number of aryl methyl sites for hydroxylation is 2. The third-order valence-electron chi connectivity index (χ3n) is 4.78. The van der Waals surface area contributed by atoms with Crippen LogP contribution in [0.25, 0.3) is 16.8 Å². The molecule has 0 saturated heterocycles. The first-order chi connectivity index (χ1) is 11.6. The van der Waals surface area contributed by atoms with Gasteiger partial charge in [0, 0.05) is 11.8 Å². The van der Waals surface area contributed by atoms with Crippen molar-refractivity contribution in [2.24, 2.45) is 0 Å². The highest BCUT2D eigenvalue weighted by molar-refractivity contribution is 6.02. The van der Waals surface area contributed by atoms with Gasteiger partial charge in [0.15, 0.2) is 0 Å². The minimum Gasteiger partial charge on any atom is -0.497 e. The van der Waals surface area contributed by atoms with Crippen LogP contribution in [-0.4, -0.2) is 24.6 Å². The fourth-order valence-electron chi connectivity index (χ4n) is 3.67. The summed E-state index contributed by atoms with van der Waals surface area (Å²) < 4.78 is 12.5. The van der Waals surface area contributed by atoms with Crippen LogP contribution >= 0.6 is 0 Å². The van der Waals surface area contributed by atoms with E-state index in [1.165, 1.54) is 12.7 Å². The highest BCUT2D eigenvalue weighted by Crippen LogP contribution is 2.40. The van der Waals surface area contributed by atoms with Crippen LogP contribution in [0.5, 0.6) is 5.75 Å². The molecule has 0 radical (unpaired) electrons. The Morgan fingerprint density at radius 3 is 2.71 bits per heavy atom. The Morgan fingerprint density at radius 2 is 1.96 bits per heavy atom. The van der Waals surface area contributed by atoms with Crippen molar-refractivity contribution in [2.75, 3.05) is 14.2 Å². The van der Waals surface area contributed by atoms with Crippen LogP contribution in [0.2, 0.25) is 0 Å². The number of benzene rings is 1. The van der Waals surface area contributed by atoms with Gasteiger partial charge in [-0.3, -0.25) is 0 Å². The van der Waals surface area contributed by atoms with Gasteiger partial charge in [0.25, 0.3) is 0 Å². The topological polar surface area (TPSA) is 39.9 Å². The molecule has 4 nitrogen and oxygen atoms in total. The van der Waals surface area contributed by atoms with Crippen molar-refractivity contribution >= 4 is 11.5 Å². The molecule has 0 amide bonds. The summed E-state index contributed by atoms with van der Waals surface area (Å²) in [6.45, 7) is 2.06. The summed E-state index contributed by atoms with van der Waals surface area (Å²) in [5.41, 5.74) is 7.32. The van der Waals surface area contributed by atoms with Crippen LogP contribution in [0, 0.1) is 6.92 Å². The second kappa shape index (κ2) is 5.41. The number of nitrogens with zero attached hydrogens (tertiary/aromatic N) is 1. The molecule has 0 bridgehead atoms. The van der Waals surface area contributed by atoms with Gasteiger partial charge in [0.05, 0.1) is 31.0 Å². The molecule has 0 saturated carbocycles. The molecule has 3 aromatic rings. The van der Waals surface area contributed by atoms with E-state index in [9.17, 15) is 4.79 Å². The van der Waals surface area contributed by atoms with Crippen molar-refractivity contribution in [1.29, 1.82) is 0 Å². The fraction of sp³-hybridized carbons (Fsp3) is 0.250. The molecule has 0 aliphatic heterocycles. The van der Waals surface area contributed by atoms with E-state index in [1.807, 2.05) is 18.2 Å². The van der Waals surface area contributed by atoms with Gasteiger partial charge >= 0.3 is 5.97 Å². The van der Waals surface area contributed by atoms with E-state index >= 15 is 0 Å². The predicted octanol–water partition coefficient (Wildman–Crippen LogP) is 3.81. The fourth-order valence-corrected chi connectivity index (χ4v) is 3.67. The van der Waals surface area contributed by atoms with Gasteiger partial charge in [0.2, 0.25) is 0 Å². The summed E-state index contributed by atoms with van der Waals surface area (Å²) in [6.07, 6.45) is 3.79. The largest absolute Gasteiger partial charge is 0.497 e. The second-order valence-electron chi connectivity index (χ2n) is 6.18. The molecule has 0 fully saturated rings. The number of fused-ring (bicyclic) bond motifs is 5. The monoisotopic (exact) mass is 321 g/mol. The molecule has 122 valence electrons. The Kier molecular flexibility index (Phi) is 3.34. The lowest BCUT2D eigenvalue weighted by Crippen LogP contribution is -2.09. The minimum absolute atomic E-state index is 0.269. The zero-order valence-electron chi connectivity index (χ0n) is 14.1. The summed E-state index contributed by atoms with van der Waals surface area (Å²) in [6, 6.07) is 10.2. The third-order valence-corrected chi connectivity index (χ3v) is 4.78. The Balaban J connectivity index is 2.08. The number of carbonyl (C=O) groups is 1. The number of methoxy groups -OCH3 is 2. The lowest BCUT2D eigenvalue weighted by atomic mass is 9.88. The highest BCUT2D eigenvalue weighted by Gasteiger charge is 2.28. The summed E-state index contributed by atoms with van der Waals surface area (Å²) in [4.78, 5) is 12.4. The van der Waals surface area contributed by atoms with Crippen LogP contribution in [0.3, 0.4) is 0 Å². The molecule has 4 rings (SSSR count). The van der Waals surface area contributed by atoms with E-state index in [4.69, 9.17) is 9.47 Å². The van der Waals surface area contributed by atoms with Gasteiger partial charge in [-0.05, 0) is 60.7 Å². The number of aromatic nitrogens is 1. The molecule has 0 N–H and O–H groups in total. The van der Waals surface area contributed by atoms with Gasteiger partial charge in [-0.2, -0.15) is 0 Å². The summed E-state index contributed by atoms with van der Waals surface area (Å²) in [7, 11) is 3.12. The smallest absolute Gasteiger partial charge is 0.340 e. The number of carbonyl (C=O) groups excluding carboxylic acids is 1. The van der Waals surface area contributed by atoms with Crippen LogP contribution < -0.4 is 4.74 Å². The molecule has 1 aromatic carbocycles. The molecule has 24 heavy (non-hydrogen) atoms. The lowest BCUT2D eigenvalue weighted by molar-refractivity contribution is 0.0602. The molecule has 4 heteroatoms. The minimum atomic E-state index is -0.269. The van der Waals surface area contributed by atoms with Crippen molar-refractivity contribution < 1.29 is 14.3 Å². The summed E-state index contributed by atoms with van der Waals surface area (Å²) >= 11 is 0. The zero-order valence-corrected chi connectivity index (χ0v) is 14.1. The van der Waals surface area contributed by atoms with Crippen molar-refractivity contribution in [3.63, 3.8) is 0 Å². The first-order valence-electron chi connectivity index (χ1n) is 8.03. The highest BCUT2D eigenvalue weighted by atomic mass is 16.5. The van der Waals surface area contributed by atoms with E-state index in [-0.39, 0.29) is 5.97 Å². The standard InChI is InChI=1S/C20H19NO3/c1-12-4-9-17-18(20(22)24-3)16-7-5-13-10-14(23-2)6-8-15(13)19(16)21(17)11-12/h4,6,8-11H,5,7H2,1-3H3. The summed E-state index contributed by atoms with van der Waals surface area (Å²) in [5, 5.41) is 0. The van der Waals surface area contributed by atoms with E-state index in [1.54, 1.807) is 7.11 Å². The number of hydrogen-bond acceptors (Lipinski definition) is 3. The Hall–Kier alpha value is -2.75. The van der Waals surface area contributed by atoms with Crippen LogP contribution in [0.1, 0.15) is 27.0 Å². The van der Waals surface area contributed by atoms with Crippen molar-refractivity contribution in [3.05, 3.63) is 58.8 Å². The van der Waals surface area contributed by atoms with Gasteiger partial charge < -0.3 is 13.9 Å². The van der Waals surface area contributed by atoms with E-state index in [2.05, 4.69) is 29.7 Å². The maximum atomic E-state index is 12.4. The van der Waals surface area contributed by atoms with E-state index < -0.39 is 0 Å². The first-order valence-corrected chi connectivity index (χ1v) is 8.03. The second-order valence-corrected chi connectivity index (χ2v) is 6.18. The predicted molar refractivity (Wildman–Crippen MR) is 92.9 cm³/mol. The van der Waals surface area contributed by atoms with Crippen molar-refractivity contribution in [3.8, 4) is 17.0 Å². The van der Waals surface area contributed by atoms with Gasteiger partial charge in [0.1, 0.15) is 5.75 Å². The molecule has 0 atom stereocenters. The van der Waals surface area contributed by atoms with Crippen molar-refractivity contribution in [1.82, 2.24) is 4.40 Å². The average molecular weight is 321 g/mol. The lowest BCUT2D eigenvalue weighted by Gasteiger charge is -2.19. The zero-order chi connectivity index (χ0) is 16.8. The van der Waals surface area contributed by atoms with Gasteiger partial charge in [-0.25, -0.2) is 4.79 Å². The van der Waals surface area contributed by atoms with Gasteiger partial charge in [-0.1, -0.05) is 6.07 Å². The molecular weight excluding hydrogens is 302 g/mol. The number of pyridine rings is 1. The van der Waals surface area contributed by atoms with Crippen LogP contribution in [0.15, 0.2) is 36.5 Å². The normalized spacial score (nSPS) is 12.6. The van der Waals surface area contributed by atoms with Crippen LogP contribution in [-0.2, 0) is 17.6 Å². The maximum absolute atomic E-state index is 12.4. The maximum Gasteiger partial charge on any atom is 0.340 e. The molecule has 1 aliphatic carbocycles. The number of rotatable bonds is 2. The molecule has 1 aliphatic rings. The van der Waals surface area contributed by atoms with E-state index in [0.29, 0.717) is 5.56 Å². The third kappa shape index (κ3) is 2.03. The Bertz CT molecular complexity index is 969. The number of hydrogen-bond donors (Lipinski definition) is 0. The molecule has 2 heterocycles. The average Bonchev–Trinajstić information content (AvgIpc) is 2.94.